The number of ketones is 1. The molecule has 0 fully saturated rings. The fraction of sp³-hybridized carbons (Fsp3) is 0.300. The van der Waals surface area contributed by atoms with Crippen LogP contribution in [0.4, 0.5) is 0 Å². The predicted molar refractivity (Wildman–Crippen MR) is 46.8 cm³/mol. The van der Waals surface area contributed by atoms with Crippen LogP contribution in [0.5, 0.6) is 0 Å². The third-order valence-electron chi connectivity index (χ3n) is 1.74. The highest BCUT2D eigenvalue weighted by molar-refractivity contribution is 5.81. The van der Waals surface area contributed by atoms with E-state index < -0.39 is 6.10 Å². The van der Waals surface area contributed by atoms with E-state index in [1.807, 2.05) is 25.1 Å². The average molecular weight is 164 g/mol. The predicted octanol–water partition coefficient (Wildman–Crippen LogP) is 1.62. The van der Waals surface area contributed by atoms with Gasteiger partial charge in [0.05, 0.1) is 0 Å². The van der Waals surface area contributed by atoms with Crippen LogP contribution < -0.4 is 0 Å². The summed E-state index contributed by atoms with van der Waals surface area (Å²) < 4.78 is 0. The number of aliphatic hydroxyl groups excluding tert-OH is 1. The van der Waals surface area contributed by atoms with E-state index >= 15 is 0 Å². The van der Waals surface area contributed by atoms with Crippen molar-refractivity contribution in [2.24, 2.45) is 0 Å². The summed E-state index contributed by atoms with van der Waals surface area (Å²) in [5, 5.41) is 9.37. The van der Waals surface area contributed by atoms with Gasteiger partial charge < -0.3 is 5.11 Å². The molecule has 0 aliphatic carbocycles. The van der Waals surface area contributed by atoms with Crippen molar-refractivity contribution < 1.29 is 9.90 Å². The SMILES string of the molecule is CC(=O)[C@H](O)c1cccc(C)c1. The molecule has 0 amide bonds. The smallest absolute Gasteiger partial charge is 0.162 e. The van der Waals surface area contributed by atoms with Gasteiger partial charge in [0, 0.05) is 0 Å². The van der Waals surface area contributed by atoms with Crippen molar-refractivity contribution >= 4 is 5.78 Å². The Balaban J connectivity index is 2.95. The summed E-state index contributed by atoms with van der Waals surface area (Å²) in [5.74, 6) is -0.222. The molecule has 1 aromatic rings. The maximum Gasteiger partial charge on any atom is 0.162 e. The molecule has 0 radical (unpaired) electrons. The second-order valence-electron chi connectivity index (χ2n) is 2.93. The Morgan fingerprint density at radius 2 is 2.17 bits per heavy atom. The number of benzene rings is 1. The summed E-state index contributed by atoms with van der Waals surface area (Å²) in [7, 11) is 0. The highest BCUT2D eigenvalue weighted by Gasteiger charge is 2.11. The van der Waals surface area contributed by atoms with E-state index in [9.17, 15) is 9.90 Å². The highest BCUT2D eigenvalue weighted by atomic mass is 16.3. The zero-order chi connectivity index (χ0) is 9.14. The molecule has 0 aromatic heterocycles. The van der Waals surface area contributed by atoms with Crippen LogP contribution in [-0.4, -0.2) is 10.9 Å². The summed E-state index contributed by atoms with van der Waals surface area (Å²) in [6, 6.07) is 7.32. The van der Waals surface area contributed by atoms with Crippen molar-refractivity contribution in [2.45, 2.75) is 20.0 Å². The summed E-state index contributed by atoms with van der Waals surface area (Å²) in [5.41, 5.74) is 1.72. The maximum atomic E-state index is 10.8. The van der Waals surface area contributed by atoms with Crippen LogP contribution in [0, 0.1) is 6.92 Å². The molecule has 64 valence electrons. The van der Waals surface area contributed by atoms with E-state index in [0.717, 1.165) is 5.56 Å². The van der Waals surface area contributed by atoms with E-state index in [2.05, 4.69) is 0 Å². The number of Topliss-reactive ketones (excluding diaryl/α,β-unsaturated/α-hetero) is 1. The summed E-state index contributed by atoms with van der Waals surface area (Å²) in [6.45, 7) is 3.31. The van der Waals surface area contributed by atoms with Gasteiger partial charge in [0.25, 0.3) is 0 Å². The fourth-order valence-corrected chi connectivity index (χ4v) is 1.07. The summed E-state index contributed by atoms with van der Waals surface area (Å²) in [4.78, 5) is 10.8. The molecule has 1 atom stereocenters. The Labute approximate surface area is 71.8 Å². The van der Waals surface area contributed by atoms with Gasteiger partial charge in [-0.05, 0) is 19.4 Å². The number of rotatable bonds is 2. The molecule has 0 spiro atoms. The van der Waals surface area contributed by atoms with Crippen LogP contribution in [-0.2, 0) is 4.79 Å². The summed E-state index contributed by atoms with van der Waals surface area (Å²) in [6.07, 6.45) is -0.968. The van der Waals surface area contributed by atoms with Gasteiger partial charge in [-0.3, -0.25) is 4.79 Å². The van der Waals surface area contributed by atoms with Gasteiger partial charge in [0.1, 0.15) is 6.10 Å². The molecular formula is C10H12O2. The van der Waals surface area contributed by atoms with Gasteiger partial charge in [0.15, 0.2) is 5.78 Å². The van der Waals surface area contributed by atoms with Gasteiger partial charge in [0.2, 0.25) is 0 Å². The van der Waals surface area contributed by atoms with E-state index in [-0.39, 0.29) is 5.78 Å². The van der Waals surface area contributed by atoms with Crippen LogP contribution in [0.2, 0.25) is 0 Å². The van der Waals surface area contributed by atoms with Crippen molar-refractivity contribution in [1.29, 1.82) is 0 Å². The number of carbonyl (C=O) groups is 1. The molecule has 2 heteroatoms. The Morgan fingerprint density at radius 3 is 2.67 bits per heavy atom. The minimum atomic E-state index is -0.968. The van der Waals surface area contributed by atoms with E-state index in [1.165, 1.54) is 6.92 Å². The minimum absolute atomic E-state index is 0.222. The van der Waals surface area contributed by atoms with Crippen molar-refractivity contribution in [3.8, 4) is 0 Å². The standard InChI is InChI=1S/C10H12O2/c1-7-4-3-5-9(6-7)10(12)8(2)11/h3-6,10,12H,1-2H3/t10-/m0/s1. The number of carbonyl (C=O) groups excluding carboxylic acids is 1. The largest absolute Gasteiger partial charge is 0.381 e. The molecule has 0 unspecified atom stereocenters. The van der Waals surface area contributed by atoms with Gasteiger partial charge in [-0.15, -0.1) is 0 Å². The zero-order valence-electron chi connectivity index (χ0n) is 7.24. The molecule has 2 nitrogen and oxygen atoms in total. The molecule has 1 aromatic carbocycles. The molecule has 0 saturated heterocycles. The number of aliphatic hydroxyl groups is 1. The molecule has 0 bridgehead atoms. The zero-order valence-corrected chi connectivity index (χ0v) is 7.24. The van der Waals surface area contributed by atoms with E-state index in [4.69, 9.17) is 0 Å². The maximum absolute atomic E-state index is 10.8. The molecule has 0 heterocycles. The van der Waals surface area contributed by atoms with Crippen LogP contribution in [0.15, 0.2) is 24.3 Å². The van der Waals surface area contributed by atoms with Crippen molar-refractivity contribution in [2.75, 3.05) is 0 Å². The molecule has 1 rings (SSSR count). The van der Waals surface area contributed by atoms with Crippen molar-refractivity contribution in [3.63, 3.8) is 0 Å². The Kier molecular flexibility index (Phi) is 2.61. The third-order valence-corrected chi connectivity index (χ3v) is 1.74. The normalized spacial score (nSPS) is 12.6. The molecule has 0 aliphatic rings. The van der Waals surface area contributed by atoms with Crippen LogP contribution in [0.3, 0.4) is 0 Å². The lowest BCUT2D eigenvalue weighted by Gasteiger charge is -2.06. The Hall–Kier alpha value is -1.15. The fourth-order valence-electron chi connectivity index (χ4n) is 1.07. The molecule has 0 aliphatic heterocycles. The first-order valence-corrected chi connectivity index (χ1v) is 3.86. The second kappa shape index (κ2) is 3.50. The van der Waals surface area contributed by atoms with E-state index in [0.29, 0.717) is 5.56 Å². The highest BCUT2D eigenvalue weighted by Crippen LogP contribution is 2.14. The van der Waals surface area contributed by atoms with Gasteiger partial charge in [-0.1, -0.05) is 29.8 Å². The molecule has 0 saturated carbocycles. The summed E-state index contributed by atoms with van der Waals surface area (Å²) >= 11 is 0. The monoisotopic (exact) mass is 164 g/mol. The van der Waals surface area contributed by atoms with Gasteiger partial charge in [-0.2, -0.15) is 0 Å². The van der Waals surface area contributed by atoms with Gasteiger partial charge in [-0.25, -0.2) is 0 Å². The quantitative estimate of drug-likeness (QED) is 0.721. The number of hydrogen-bond donors (Lipinski definition) is 1. The lowest BCUT2D eigenvalue weighted by atomic mass is 10.0. The number of aryl methyl sites for hydroxylation is 1. The first kappa shape index (κ1) is 8.94. The van der Waals surface area contributed by atoms with E-state index in [1.54, 1.807) is 6.07 Å². The number of hydrogen-bond acceptors (Lipinski definition) is 2. The van der Waals surface area contributed by atoms with Gasteiger partial charge >= 0.3 is 0 Å². The average Bonchev–Trinajstić information content (AvgIpc) is 2.03. The topological polar surface area (TPSA) is 37.3 Å². The first-order chi connectivity index (χ1) is 5.61. The third kappa shape index (κ3) is 1.92. The Morgan fingerprint density at radius 1 is 1.50 bits per heavy atom. The van der Waals surface area contributed by atoms with Crippen molar-refractivity contribution in [3.05, 3.63) is 35.4 Å². The van der Waals surface area contributed by atoms with Crippen LogP contribution >= 0.6 is 0 Å². The van der Waals surface area contributed by atoms with Crippen LogP contribution in [0.1, 0.15) is 24.2 Å². The Bertz CT molecular complexity index is 292. The lowest BCUT2D eigenvalue weighted by molar-refractivity contribution is -0.125. The molecule has 12 heavy (non-hydrogen) atoms. The molecular weight excluding hydrogens is 152 g/mol. The first-order valence-electron chi connectivity index (χ1n) is 3.86. The minimum Gasteiger partial charge on any atom is -0.381 e. The lowest BCUT2D eigenvalue weighted by Crippen LogP contribution is -2.07. The molecule has 1 N–H and O–H groups in total. The van der Waals surface area contributed by atoms with Crippen LogP contribution in [0.25, 0.3) is 0 Å². The second-order valence-corrected chi connectivity index (χ2v) is 2.93. The van der Waals surface area contributed by atoms with Crippen molar-refractivity contribution in [1.82, 2.24) is 0 Å².